The first-order chi connectivity index (χ1) is 7.36. The van der Waals surface area contributed by atoms with Crippen molar-refractivity contribution in [3.8, 4) is 0 Å². The number of ether oxygens (including phenoxy) is 1. The van der Waals surface area contributed by atoms with E-state index in [0.29, 0.717) is 13.2 Å². The highest BCUT2D eigenvalue weighted by atomic mass is 16.5. The van der Waals surface area contributed by atoms with E-state index in [0.717, 1.165) is 6.54 Å². The SMILES string of the molecule is O=C(Nc1nccnn1)C1CNCCO1. The van der Waals surface area contributed by atoms with Crippen LogP contribution in [0.2, 0.25) is 0 Å². The Morgan fingerprint density at radius 3 is 3.20 bits per heavy atom. The molecule has 1 atom stereocenters. The summed E-state index contributed by atoms with van der Waals surface area (Å²) in [6, 6.07) is 0. The van der Waals surface area contributed by atoms with Gasteiger partial charge in [0.25, 0.3) is 5.91 Å². The quantitative estimate of drug-likeness (QED) is 0.636. The van der Waals surface area contributed by atoms with E-state index in [-0.39, 0.29) is 11.9 Å². The third-order valence-corrected chi connectivity index (χ3v) is 1.94. The van der Waals surface area contributed by atoms with E-state index < -0.39 is 6.10 Å². The molecule has 1 aromatic heterocycles. The molecule has 0 spiro atoms. The average molecular weight is 209 g/mol. The summed E-state index contributed by atoms with van der Waals surface area (Å²) in [4.78, 5) is 15.4. The molecule has 15 heavy (non-hydrogen) atoms. The second-order valence-electron chi connectivity index (χ2n) is 3.02. The normalized spacial score (nSPS) is 20.9. The highest BCUT2D eigenvalue weighted by molar-refractivity contribution is 5.92. The summed E-state index contributed by atoms with van der Waals surface area (Å²) in [5, 5.41) is 12.8. The van der Waals surface area contributed by atoms with E-state index in [2.05, 4.69) is 25.8 Å². The number of morpholine rings is 1. The standard InChI is InChI=1S/C8H11N5O2/c14-7(6-5-9-3-4-15-6)12-8-10-1-2-11-13-8/h1-2,6,9H,3-5H2,(H,10,12,13,14). The van der Waals surface area contributed by atoms with Gasteiger partial charge in [-0.25, -0.2) is 4.98 Å². The minimum atomic E-state index is -0.484. The molecule has 7 nitrogen and oxygen atoms in total. The van der Waals surface area contributed by atoms with Gasteiger partial charge >= 0.3 is 0 Å². The summed E-state index contributed by atoms with van der Waals surface area (Å²) in [6.07, 6.45) is 2.42. The van der Waals surface area contributed by atoms with E-state index in [1.807, 2.05) is 0 Å². The minimum Gasteiger partial charge on any atom is -0.366 e. The molecule has 2 rings (SSSR count). The zero-order valence-electron chi connectivity index (χ0n) is 8.01. The van der Waals surface area contributed by atoms with Crippen LogP contribution >= 0.6 is 0 Å². The van der Waals surface area contributed by atoms with Gasteiger partial charge in [-0.1, -0.05) is 0 Å². The predicted octanol–water partition coefficient (Wildman–Crippen LogP) is -1.20. The maximum Gasteiger partial charge on any atom is 0.257 e. The van der Waals surface area contributed by atoms with Gasteiger partial charge in [-0.05, 0) is 0 Å². The first-order valence-electron chi connectivity index (χ1n) is 4.63. The molecule has 2 N–H and O–H groups in total. The van der Waals surface area contributed by atoms with E-state index in [1.165, 1.54) is 12.4 Å². The summed E-state index contributed by atoms with van der Waals surface area (Å²) < 4.78 is 5.26. The largest absolute Gasteiger partial charge is 0.366 e. The van der Waals surface area contributed by atoms with Crippen molar-refractivity contribution in [2.75, 3.05) is 25.0 Å². The molecule has 1 saturated heterocycles. The van der Waals surface area contributed by atoms with E-state index >= 15 is 0 Å². The number of rotatable bonds is 2. The van der Waals surface area contributed by atoms with Crippen molar-refractivity contribution < 1.29 is 9.53 Å². The number of carbonyl (C=O) groups excluding carboxylic acids is 1. The van der Waals surface area contributed by atoms with Gasteiger partial charge in [0.2, 0.25) is 5.95 Å². The van der Waals surface area contributed by atoms with Crippen LogP contribution in [0, 0.1) is 0 Å². The molecule has 0 aromatic carbocycles. The first kappa shape index (κ1) is 9.94. The molecule has 0 aliphatic carbocycles. The number of nitrogens with one attached hydrogen (secondary N) is 2. The van der Waals surface area contributed by atoms with Crippen LogP contribution < -0.4 is 10.6 Å². The number of hydrogen-bond donors (Lipinski definition) is 2. The molecular formula is C8H11N5O2. The van der Waals surface area contributed by atoms with Gasteiger partial charge < -0.3 is 10.1 Å². The summed E-state index contributed by atoms with van der Waals surface area (Å²) in [5.41, 5.74) is 0. The smallest absolute Gasteiger partial charge is 0.257 e. The molecule has 1 fully saturated rings. The molecule has 1 aliphatic rings. The number of carbonyl (C=O) groups is 1. The lowest BCUT2D eigenvalue weighted by molar-refractivity contribution is -0.128. The molecule has 1 aliphatic heterocycles. The third kappa shape index (κ3) is 2.67. The van der Waals surface area contributed by atoms with Crippen molar-refractivity contribution in [3.05, 3.63) is 12.4 Å². The molecule has 0 bridgehead atoms. The highest BCUT2D eigenvalue weighted by Gasteiger charge is 2.22. The molecule has 1 unspecified atom stereocenters. The second kappa shape index (κ2) is 4.76. The Morgan fingerprint density at radius 1 is 1.60 bits per heavy atom. The van der Waals surface area contributed by atoms with Crippen molar-refractivity contribution in [1.82, 2.24) is 20.5 Å². The van der Waals surface area contributed by atoms with Crippen LogP contribution in [0.4, 0.5) is 5.95 Å². The zero-order valence-corrected chi connectivity index (χ0v) is 8.01. The predicted molar refractivity (Wildman–Crippen MR) is 51.1 cm³/mol. The molecule has 1 aromatic rings. The molecule has 0 radical (unpaired) electrons. The van der Waals surface area contributed by atoms with Crippen LogP contribution in [0.25, 0.3) is 0 Å². The number of amides is 1. The second-order valence-corrected chi connectivity index (χ2v) is 3.02. The van der Waals surface area contributed by atoms with Gasteiger partial charge in [0.15, 0.2) is 0 Å². The number of hydrogen-bond acceptors (Lipinski definition) is 6. The van der Waals surface area contributed by atoms with Crippen molar-refractivity contribution >= 4 is 11.9 Å². The fourth-order valence-electron chi connectivity index (χ4n) is 1.23. The number of nitrogens with zero attached hydrogens (tertiary/aromatic N) is 3. The monoisotopic (exact) mass is 209 g/mol. The molecule has 1 amide bonds. The van der Waals surface area contributed by atoms with Gasteiger partial charge in [0.05, 0.1) is 19.0 Å². The lowest BCUT2D eigenvalue weighted by Crippen LogP contribution is -2.45. The summed E-state index contributed by atoms with van der Waals surface area (Å²) in [6.45, 7) is 1.81. The van der Waals surface area contributed by atoms with Crippen LogP contribution in [0.5, 0.6) is 0 Å². The molecule has 80 valence electrons. The lowest BCUT2D eigenvalue weighted by atomic mass is 10.3. The van der Waals surface area contributed by atoms with E-state index in [1.54, 1.807) is 0 Å². The van der Waals surface area contributed by atoms with Crippen LogP contribution in [0.15, 0.2) is 12.4 Å². The highest BCUT2D eigenvalue weighted by Crippen LogP contribution is 2.00. The Hall–Kier alpha value is -1.60. The van der Waals surface area contributed by atoms with Gasteiger partial charge in [-0.3, -0.25) is 10.1 Å². The molecule has 7 heteroatoms. The Bertz CT molecular complexity index is 325. The van der Waals surface area contributed by atoms with Crippen molar-refractivity contribution in [2.45, 2.75) is 6.10 Å². The Morgan fingerprint density at radius 2 is 2.53 bits per heavy atom. The summed E-state index contributed by atoms with van der Waals surface area (Å²) >= 11 is 0. The van der Waals surface area contributed by atoms with E-state index in [4.69, 9.17) is 4.74 Å². The maximum absolute atomic E-state index is 11.6. The lowest BCUT2D eigenvalue weighted by Gasteiger charge is -2.22. The maximum atomic E-state index is 11.6. The Balaban J connectivity index is 1.91. The minimum absolute atomic E-state index is 0.191. The average Bonchev–Trinajstić information content (AvgIpc) is 2.31. The van der Waals surface area contributed by atoms with Crippen molar-refractivity contribution in [3.63, 3.8) is 0 Å². The topological polar surface area (TPSA) is 89.0 Å². The fourth-order valence-corrected chi connectivity index (χ4v) is 1.23. The van der Waals surface area contributed by atoms with Gasteiger partial charge in [-0.2, -0.15) is 5.10 Å². The first-order valence-corrected chi connectivity index (χ1v) is 4.63. The summed E-state index contributed by atoms with van der Waals surface area (Å²) in [7, 11) is 0. The van der Waals surface area contributed by atoms with Crippen molar-refractivity contribution in [1.29, 1.82) is 0 Å². The number of aromatic nitrogens is 3. The third-order valence-electron chi connectivity index (χ3n) is 1.94. The van der Waals surface area contributed by atoms with Crippen LogP contribution in [-0.4, -0.2) is 46.9 Å². The van der Waals surface area contributed by atoms with Gasteiger partial charge in [-0.15, -0.1) is 5.10 Å². The van der Waals surface area contributed by atoms with Gasteiger partial charge in [0, 0.05) is 13.1 Å². The zero-order chi connectivity index (χ0) is 10.5. The van der Waals surface area contributed by atoms with Crippen molar-refractivity contribution in [2.24, 2.45) is 0 Å². The number of anilines is 1. The van der Waals surface area contributed by atoms with Gasteiger partial charge in [0.1, 0.15) is 6.10 Å². The van der Waals surface area contributed by atoms with Crippen LogP contribution in [0.3, 0.4) is 0 Å². The Labute approximate surface area is 86.3 Å². The molecule has 2 heterocycles. The van der Waals surface area contributed by atoms with Crippen LogP contribution in [-0.2, 0) is 9.53 Å². The van der Waals surface area contributed by atoms with E-state index in [9.17, 15) is 4.79 Å². The molecule has 0 saturated carbocycles. The summed E-state index contributed by atoms with van der Waals surface area (Å²) in [5.74, 6) is -0.0631. The molecular weight excluding hydrogens is 198 g/mol. The Kier molecular flexibility index (Phi) is 3.15. The fraction of sp³-hybridized carbons (Fsp3) is 0.500. The van der Waals surface area contributed by atoms with Crippen LogP contribution in [0.1, 0.15) is 0 Å².